The van der Waals surface area contributed by atoms with Crippen LogP contribution in [0.1, 0.15) is 0 Å². The second-order valence-corrected chi connectivity index (χ2v) is 4.35. The molecule has 5 heteroatoms. The Hall–Kier alpha value is -1.84. The van der Waals surface area contributed by atoms with Crippen molar-refractivity contribution >= 4 is 40.6 Å². The van der Waals surface area contributed by atoms with Crippen molar-refractivity contribution in [3.05, 3.63) is 53.7 Å². The molecule has 3 aromatic rings. The fourth-order valence-electron chi connectivity index (χ4n) is 1.91. The Morgan fingerprint density at radius 2 is 1.79 bits per heavy atom. The van der Waals surface area contributed by atoms with Crippen molar-refractivity contribution in [2.24, 2.45) is 0 Å². The summed E-state index contributed by atoms with van der Waals surface area (Å²) in [5.74, 6) is 0.468. The second-order valence-electron chi connectivity index (χ2n) is 3.94. The molecule has 19 heavy (non-hydrogen) atoms. The fourth-order valence-corrected chi connectivity index (χ4v) is 2.14. The third kappa shape index (κ3) is 2.48. The summed E-state index contributed by atoms with van der Waals surface area (Å²) in [6.45, 7) is 0. The Kier molecular flexibility index (Phi) is 3.88. The molecular formula is C14H11Cl2N3. The lowest BCUT2D eigenvalue weighted by molar-refractivity contribution is 1.26. The van der Waals surface area contributed by atoms with Crippen molar-refractivity contribution in [2.45, 2.75) is 0 Å². The van der Waals surface area contributed by atoms with Gasteiger partial charge in [-0.1, -0.05) is 29.8 Å². The molecule has 0 spiro atoms. The zero-order valence-corrected chi connectivity index (χ0v) is 11.4. The summed E-state index contributed by atoms with van der Waals surface area (Å²) in [4.78, 5) is 8.63. The second kappa shape index (κ2) is 5.43. The van der Waals surface area contributed by atoms with E-state index in [-0.39, 0.29) is 12.4 Å². The number of nitrogens with zero attached hydrogens (tertiary/aromatic N) is 2. The highest BCUT2D eigenvalue weighted by atomic mass is 35.5. The molecule has 0 saturated heterocycles. The SMILES string of the molecule is Cl.Nc1nc(-c2ccccn2)cc2c(Cl)cccc12. The molecular weight excluding hydrogens is 281 g/mol. The lowest BCUT2D eigenvalue weighted by atomic mass is 10.1. The van der Waals surface area contributed by atoms with Crippen LogP contribution < -0.4 is 5.73 Å². The van der Waals surface area contributed by atoms with Gasteiger partial charge in [0.25, 0.3) is 0 Å². The van der Waals surface area contributed by atoms with Gasteiger partial charge in [-0.25, -0.2) is 4.98 Å². The number of pyridine rings is 2. The smallest absolute Gasteiger partial charge is 0.132 e. The number of anilines is 1. The highest BCUT2D eigenvalue weighted by Gasteiger charge is 2.08. The van der Waals surface area contributed by atoms with Crippen LogP contribution in [0.3, 0.4) is 0 Å². The van der Waals surface area contributed by atoms with Gasteiger partial charge in [0.2, 0.25) is 0 Å². The number of fused-ring (bicyclic) bond motifs is 1. The molecule has 0 atom stereocenters. The van der Waals surface area contributed by atoms with E-state index in [2.05, 4.69) is 9.97 Å². The van der Waals surface area contributed by atoms with Crippen LogP contribution in [-0.4, -0.2) is 9.97 Å². The normalized spacial score (nSPS) is 10.2. The zero-order valence-electron chi connectivity index (χ0n) is 9.88. The molecule has 2 aromatic heterocycles. The third-order valence-corrected chi connectivity index (χ3v) is 3.11. The van der Waals surface area contributed by atoms with Gasteiger partial charge in [0.05, 0.1) is 11.4 Å². The highest BCUT2D eigenvalue weighted by Crippen LogP contribution is 2.29. The lowest BCUT2D eigenvalue weighted by Crippen LogP contribution is -1.95. The summed E-state index contributed by atoms with van der Waals surface area (Å²) < 4.78 is 0. The van der Waals surface area contributed by atoms with Crippen LogP contribution in [0.25, 0.3) is 22.2 Å². The summed E-state index contributed by atoms with van der Waals surface area (Å²) in [7, 11) is 0. The molecule has 3 rings (SSSR count). The zero-order chi connectivity index (χ0) is 12.5. The van der Waals surface area contributed by atoms with Crippen LogP contribution in [-0.2, 0) is 0 Å². The molecule has 96 valence electrons. The lowest BCUT2D eigenvalue weighted by Gasteiger charge is -2.06. The molecule has 0 saturated carbocycles. The Bertz CT molecular complexity index is 714. The predicted molar refractivity (Wildman–Crippen MR) is 81.6 cm³/mol. The molecule has 2 N–H and O–H groups in total. The fraction of sp³-hybridized carbons (Fsp3) is 0. The van der Waals surface area contributed by atoms with Crippen LogP contribution in [0.5, 0.6) is 0 Å². The number of rotatable bonds is 1. The van der Waals surface area contributed by atoms with Crippen LogP contribution >= 0.6 is 24.0 Å². The first-order valence-corrected chi connectivity index (χ1v) is 5.89. The average molecular weight is 292 g/mol. The molecule has 0 amide bonds. The standard InChI is InChI=1S/C14H10ClN3.ClH/c15-11-5-3-4-9-10(11)8-13(18-14(9)16)12-6-1-2-7-17-12;/h1-8H,(H2,16,18);1H. The largest absolute Gasteiger partial charge is 0.383 e. The minimum Gasteiger partial charge on any atom is -0.383 e. The average Bonchev–Trinajstić information content (AvgIpc) is 2.41. The first kappa shape index (κ1) is 13.6. The summed E-state index contributed by atoms with van der Waals surface area (Å²) >= 11 is 6.18. The van der Waals surface area contributed by atoms with Crippen LogP contribution in [0.4, 0.5) is 5.82 Å². The summed E-state index contributed by atoms with van der Waals surface area (Å²) in [5.41, 5.74) is 7.48. The van der Waals surface area contributed by atoms with Crippen LogP contribution in [0.15, 0.2) is 48.7 Å². The summed E-state index contributed by atoms with van der Waals surface area (Å²) in [6.07, 6.45) is 1.73. The van der Waals surface area contributed by atoms with E-state index in [1.165, 1.54) is 0 Å². The number of hydrogen-bond donors (Lipinski definition) is 1. The van der Waals surface area contributed by atoms with Gasteiger partial charge in [0.15, 0.2) is 0 Å². The summed E-state index contributed by atoms with van der Waals surface area (Å²) in [5, 5.41) is 2.42. The quantitative estimate of drug-likeness (QED) is 0.738. The van der Waals surface area contributed by atoms with Crippen molar-refractivity contribution in [1.29, 1.82) is 0 Å². The minimum absolute atomic E-state index is 0. The molecule has 0 unspecified atom stereocenters. The van der Waals surface area contributed by atoms with Gasteiger partial charge >= 0.3 is 0 Å². The molecule has 0 aliphatic carbocycles. The van der Waals surface area contributed by atoms with Gasteiger partial charge in [0, 0.05) is 22.0 Å². The van der Waals surface area contributed by atoms with Crippen molar-refractivity contribution < 1.29 is 0 Å². The van der Waals surface area contributed by atoms with E-state index in [4.69, 9.17) is 17.3 Å². The first-order chi connectivity index (χ1) is 8.75. The van der Waals surface area contributed by atoms with E-state index in [9.17, 15) is 0 Å². The van der Waals surface area contributed by atoms with Crippen LogP contribution in [0.2, 0.25) is 5.02 Å². The van der Waals surface area contributed by atoms with E-state index < -0.39 is 0 Å². The Morgan fingerprint density at radius 1 is 0.947 bits per heavy atom. The first-order valence-electron chi connectivity index (χ1n) is 5.52. The monoisotopic (exact) mass is 291 g/mol. The predicted octanol–water partition coefficient (Wildman–Crippen LogP) is 3.95. The molecule has 3 nitrogen and oxygen atoms in total. The Labute approximate surface area is 121 Å². The van der Waals surface area contributed by atoms with E-state index in [0.29, 0.717) is 10.8 Å². The van der Waals surface area contributed by atoms with Crippen molar-refractivity contribution in [3.63, 3.8) is 0 Å². The molecule has 0 radical (unpaired) electrons. The minimum atomic E-state index is 0. The number of nitrogen functional groups attached to an aromatic ring is 1. The topological polar surface area (TPSA) is 51.8 Å². The Morgan fingerprint density at radius 3 is 2.53 bits per heavy atom. The third-order valence-electron chi connectivity index (χ3n) is 2.78. The molecule has 0 fully saturated rings. The van der Waals surface area contributed by atoms with Gasteiger partial charge in [-0.3, -0.25) is 4.98 Å². The van der Waals surface area contributed by atoms with Crippen molar-refractivity contribution in [2.75, 3.05) is 5.73 Å². The number of benzene rings is 1. The number of aromatic nitrogens is 2. The van der Waals surface area contributed by atoms with Gasteiger partial charge in [0.1, 0.15) is 5.82 Å². The molecule has 2 heterocycles. The van der Waals surface area contributed by atoms with E-state index in [0.717, 1.165) is 22.2 Å². The Balaban J connectivity index is 0.00000133. The number of halogens is 2. The van der Waals surface area contributed by atoms with Crippen LogP contribution in [0, 0.1) is 0 Å². The summed E-state index contributed by atoms with van der Waals surface area (Å²) in [6, 6.07) is 13.2. The molecule has 0 bridgehead atoms. The maximum absolute atomic E-state index is 6.18. The van der Waals surface area contributed by atoms with Gasteiger partial charge in [-0.15, -0.1) is 12.4 Å². The van der Waals surface area contributed by atoms with E-state index in [1.807, 2.05) is 42.5 Å². The van der Waals surface area contributed by atoms with Crippen molar-refractivity contribution in [3.8, 4) is 11.4 Å². The van der Waals surface area contributed by atoms with E-state index in [1.54, 1.807) is 6.20 Å². The number of nitrogens with two attached hydrogens (primary N) is 1. The maximum atomic E-state index is 6.18. The van der Waals surface area contributed by atoms with Gasteiger partial charge in [-0.2, -0.15) is 0 Å². The number of hydrogen-bond acceptors (Lipinski definition) is 3. The molecule has 0 aliphatic heterocycles. The maximum Gasteiger partial charge on any atom is 0.132 e. The van der Waals surface area contributed by atoms with Gasteiger partial charge in [-0.05, 0) is 24.3 Å². The highest BCUT2D eigenvalue weighted by molar-refractivity contribution is 6.35. The molecule has 1 aromatic carbocycles. The van der Waals surface area contributed by atoms with Gasteiger partial charge < -0.3 is 5.73 Å². The van der Waals surface area contributed by atoms with E-state index >= 15 is 0 Å². The molecule has 0 aliphatic rings. The van der Waals surface area contributed by atoms with Crippen molar-refractivity contribution in [1.82, 2.24) is 9.97 Å².